The van der Waals surface area contributed by atoms with Crippen LogP contribution in [0.4, 0.5) is 0 Å². The van der Waals surface area contributed by atoms with Crippen molar-refractivity contribution < 1.29 is 0 Å². The first-order valence-electron chi connectivity index (χ1n) is 8.16. The molecule has 0 aliphatic heterocycles. The number of hydrogen-bond acceptors (Lipinski definition) is 0. The number of allylic oxidation sites excluding steroid dienone is 4. The molecule has 0 radical (unpaired) electrons. The standard InChI is InChI=1S/C19H26/c1-16(2,3)8-11-6-7-12-9-17(12,4)15-13-10-18(5)14(11)19(13,15)18/h6-8,12-15H,9-10H2,1-5H3. The molecular weight excluding hydrogens is 228 g/mol. The topological polar surface area (TPSA) is 0 Å². The largest absolute Gasteiger partial charge is 0.0806 e. The van der Waals surface area contributed by atoms with Gasteiger partial charge in [0.1, 0.15) is 0 Å². The molecule has 7 unspecified atom stereocenters. The van der Waals surface area contributed by atoms with E-state index in [-0.39, 0.29) is 0 Å². The maximum Gasteiger partial charge on any atom is -0.00374 e. The second-order valence-corrected chi connectivity index (χ2v) is 9.76. The van der Waals surface area contributed by atoms with Gasteiger partial charge < -0.3 is 0 Å². The van der Waals surface area contributed by atoms with Crippen LogP contribution in [0.25, 0.3) is 0 Å². The molecule has 0 N–H and O–H groups in total. The molecule has 5 rings (SSSR count). The molecule has 0 aromatic heterocycles. The minimum atomic E-state index is 0.320. The van der Waals surface area contributed by atoms with Crippen LogP contribution in [-0.4, -0.2) is 0 Å². The Morgan fingerprint density at radius 2 is 1.95 bits per heavy atom. The third kappa shape index (κ3) is 0.948. The van der Waals surface area contributed by atoms with Crippen molar-refractivity contribution >= 4 is 0 Å². The van der Waals surface area contributed by atoms with E-state index in [1.54, 1.807) is 5.57 Å². The average Bonchev–Trinajstić information content (AvgIpc) is 3.13. The minimum absolute atomic E-state index is 0.320. The Morgan fingerprint density at radius 1 is 1.21 bits per heavy atom. The first-order valence-corrected chi connectivity index (χ1v) is 8.16. The predicted octanol–water partition coefficient (Wildman–Crippen LogP) is 4.83. The van der Waals surface area contributed by atoms with Crippen LogP contribution in [0.5, 0.6) is 0 Å². The lowest BCUT2D eigenvalue weighted by Gasteiger charge is -2.19. The highest BCUT2D eigenvalue weighted by Gasteiger charge is 3.00. The molecule has 4 saturated carbocycles. The highest BCUT2D eigenvalue weighted by Crippen LogP contribution is 3.04. The van der Waals surface area contributed by atoms with E-state index < -0.39 is 0 Å². The van der Waals surface area contributed by atoms with Gasteiger partial charge in [-0.3, -0.25) is 0 Å². The lowest BCUT2D eigenvalue weighted by Crippen LogP contribution is -2.11. The van der Waals surface area contributed by atoms with Gasteiger partial charge in [-0.1, -0.05) is 52.8 Å². The summed E-state index contributed by atoms with van der Waals surface area (Å²) in [6.45, 7) is 12.2. The molecule has 0 heteroatoms. The molecule has 5 aliphatic carbocycles. The van der Waals surface area contributed by atoms with Crippen molar-refractivity contribution in [3.63, 3.8) is 0 Å². The van der Waals surface area contributed by atoms with Crippen LogP contribution in [0, 0.1) is 45.3 Å². The van der Waals surface area contributed by atoms with Gasteiger partial charge in [-0.25, -0.2) is 0 Å². The Kier molecular flexibility index (Phi) is 1.48. The first-order chi connectivity index (χ1) is 8.75. The Morgan fingerprint density at radius 3 is 2.58 bits per heavy atom. The van der Waals surface area contributed by atoms with Crippen LogP contribution in [0.2, 0.25) is 0 Å². The third-order valence-corrected chi connectivity index (χ3v) is 7.60. The number of hydrogen-bond donors (Lipinski definition) is 0. The van der Waals surface area contributed by atoms with Crippen molar-refractivity contribution in [1.82, 2.24) is 0 Å². The Hall–Kier alpha value is -0.520. The maximum absolute atomic E-state index is 2.59. The van der Waals surface area contributed by atoms with Crippen LogP contribution >= 0.6 is 0 Å². The van der Waals surface area contributed by atoms with Crippen molar-refractivity contribution in [2.45, 2.75) is 47.5 Å². The summed E-state index contributed by atoms with van der Waals surface area (Å²) < 4.78 is 0. The van der Waals surface area contributed by atoms with Crippen LogP contribution in [0.3, 0.4) is 0 Å². The lowest BCUT2D eigenvalue weighted by atomic mass is 9.85. The van der Waals surface area contributed by atoms with Gasteiger partial charge in [-0.15, -0.1) is 0 Å². The van der Waals surface area contributed by atoms with Gasteiger partial charge in [-0.2, -0.15) is 0 Å². The summed E-state index contributed by atoms with van der Waals surface area (Å²) in [6, 6.07) is 0. The summed E-state index contributed by atoms with van der Waals surface area (Å²) in [5, 5.41) is 0. The van der Waals surface area contributed by atoms with Gasteiger partial charge in [0, 0.05) is 0 Å². The monoisotopic (exact) mass is 254 g/mol. The van der Waals surface area contributed by atoms with E-state index in [1.807, 2.05) is 0 Å². The predicted molar refractivity (Wildman–Crippen MR) is 78.5 cm³/mol. The van der Waals surface area contributed by atoms with E-state index in [0.717, 1.165) is 29.1 Å². The zero-order valence-electron chi connectivity index (χ0n) is 13.0. The highest BCUT2D eigenvalue weighted by atomic mass is 15.0. The zero-order chi connectivity index (χ0) is 13.4. The van der Waals surface area contributed by atoms with E-state index in [4.69, 9.17) is 0 Å². The molecule has 0 heterocycles. The van der Waals surface area contributed by atoms with E-state index in [9.17, 15) is 0 Å². The summed E-state index contributed by atoms with van der Waals surface area (Å²) in [7, 11) is 0. The van der Waals surface area contributed by atoms with Crippen molar-refractivity contribution in [1.29, 1.82) is 0 Å². The number of fused-ring (bicyclic) bond motifs is 4. The minimum Gasteiger partial charge on any atom is -0.0806 e. The third-order valence-electron chi connectivity index (χ3n) is 7.60. The molecule has 0 aromatic rings. The quantitative estimate of drug-likeness (QED) is 0.581. The zero-order valence-corrected chi connectivity index (χ0v) is 13.0. The molecule has 102 valence electrons. The smallest absolute Gasteiger partial charge is 0.00374 e. The molecular formula is C19H26. The second-order valence-electron chi connectivity index (χ2n) is 9.76. The summed E-state index contributed by atoms with van der Waals surface area (Å²) in [5.41, 5.74) is 4.17. The molecule has 0 bridgehead atoms. The van der Waals surface area contributed by atoms with Crippen molar-refractivity contribution in [2.75, 3.05) is 0 Å². The SMILES string of the molecule is CC(C)(C)C=C1C=CC2CC2(C)C2C3CC4(C)C1C324. The fraction of sp³-hybridized carbons (Fsp3) is 0.789. The molecule has 0 aromatic carbocycles. The van der Waals surface area contributed by atoms with Crippen molar-refractivity contribution in [3.8, 4) is 0 Å². The molecule has 0 nitrogen and oxygen atoms in total. The fourth-order valence-electron chi connectivity index (χ4n) is 6.96. The van der Waals surface area contributed by atoms with Crippen LogP contribution in [0.15, 0.2) is 23.8 Å². The Balaban J connectivity index is 1.64. The molecule has 19 heavy (non-hydrogen) atoms. The maximum atomic E-state index is 2.59. The Bertz CT molecular complexity index is 559. The average molecular weight is 254 g/mol. The molecule has 0 amide bonds. The summed E-state index contributed by atoms with van der Waals surface area (Å²) in [6.07, 6.45) is 10.7. The van der Waals surface area contributed by atoms with Gasteiger partial charge in [0.25, 0.3) is 0 Å². The summed E-state index contributed by atoms with van der Waals surface area (Å²) in [4.78, 5) is 0. The summed E-state index contributed by atoms with van der Waals surface area (Å²) in [5.74, 6) is 3.98. The molecule has 4 fully saturated rings. The van der Waals surface area contributed by atoms with E-state index >= 15 is 0 Å². The van der Waals surface area contributed by atoms with Crippen molar-refractivity contribution in [3.05, 3.63) is 23.8 Å². The highest BCUT2D eigenvalue weighted by molar-refractivity contribution is 5.56. The lowest BCUT2D eigenvalue weighted by molar-refractivity contribution is 0.310. The van der Waals surface area contributed by atoms with Crippen LogP contribution < -0.4 is 0 Å². The van der Waals surface area contributed by atoms with E-state index in [2.05, 4.69) is 52.8 Å². The molecule has 7 atom stereocenters. The molecule has 0 saturated heterocycles. The first kappa shape index (κ1) is 11.2. The molecule has 5 aliphatic rings. The normalized spacial score (nSPS) is 65.2. The van der Waals surface area contributed by atoms with Crippen molar-refractivity contribution in [2.24, 2.45) is 45.3 Å². The van der Waals surface area contributed by atoms with Gasteiger partial charge in [0.15, 0.2) is 0 Å². The van der Waals surface area contributed by atoms with Gasteiger partial charge in [0.05, 0.1) is 0 Å². The molecule has 1 spiro atoms. The summed E-state index contributed by atoms with van der Waals surface area (Å²) >= 11 is 0. The Labute approximate surface area is 117 Å². The fourth-order valence-corrected chi connectivity index (χ4v) is 6.96. The van der Waals surface area contributed by atoms with E-state index in [0.29, 0.717) is 16.2 Å². The van der Waals surface area contributed by atoms with Crippen LogP contribution in [0.1, 0.15) is 47.5 Å². The van der Waals surface area contributed by atoms with Gasteiger partial charge in [-0.05, 0) is 63.7 Å². The van der Waals surface area contributed by atoms with Gasteiger partial charge >= 0.3 is 0 Å². The number of rotatable bonds is 0. The van der Waals surface area contributed by atoms with Crippen LogP contribution in [-0.2, 0) is 0 Å². The van der Waals surface area contributed by atoms with Gasteiger partial charge in [0.2, 0.25) is 0 Å². The van der Waals surface area contributed by atoms with E-state index in [1.165, 1.54) is 12.8 Å². The second kappa shape index (κ2) is 2.51.